The minimum absolute atomic E-state index is 0.0749. The number of likely N-dealkylation sites (tertiary alicyclic amines) is 1. The third kappa shape index (κ3) is 6.63. The number of nitrogens with one attached hydrogen (secondary N) is 1. The summed E-state index contributed by atoms with van der Waals surface area (Å²) in [6, 6.07) is 11.4. The molecule has 1 aliphatic carbocycles. The van der Waals surface area contributed by atoms with E-state index in [-0.39, 0.29) is 24.0 Å². The quantitative estimate of drug-likeness (QED) is 0.325. The Morgan fingerprint density at radius 1 is 1.05 bits per heavy atom. The Kier molecular flexibility index (Phi) is 8.95. The number of nitrogens with zero attached hydrogens (tertiary/aromatic N) is 4. The summed E-state index contributed by atoms with van der Waals surface area (Å²) in [5.74, 6) is 0.693. The lowest BCUT2D eigenvalue weighted by Gasteiger charge is -2.41. The molecule has 1 N–H and O–H groups in total. The van der Waals surface area contributed by atoms with Crippen LogP contribution >= 0.6 is 23.2 Å². The van der Waals surface area contributed by atoms with Crippen molar-refractivity contribution in [2.45, 2.75) is 82.9 Å². The lowest BCUT2D eigenvalue weighted by molar-refractivity contribution is -0.134. The molecule has 0 radical (unpaired) electrons. The summed E-state index contributed by atoms with van der Waals surface area (Å²) < 4.78 is 12.7. The molecule has 230 valence electrons. The van der Waals surface area contributed by atoms with Crippen LogP contribution in [-0.2, 0) is 15.1 Å². The van der Waals surface area contributed by atoms with Crippen molar-refractivity contribution in [1.82, 2.24) is 25.2 Å². The summed E-state index contributed by atoms with van der Waals surface area (Å²) in [5, 5.41) is 13.4. The summed E-state index contributed by atoms with van der Waals surface area (Å²) in [6.07, 6.45) is 4.94. The zero-order valence-electron chi connectivity index (χ0n) is 25.3. The Hall–Kier alpha value is -3.30. The van der Waals surface area contributed by atoms with Crippen molar-refractivity contribution in [1.29, 1.82) is 0 Å². The lowest BCUT2D eigenvalue weighted by atomic mass is 9.85. The van der Waals surface area contributed by atoms with Crippen molar-refractivity contribution >= 4 is 35.2 Å². The number of aromatic nitrogens is 3. The van der Waals surface area contributed by atoms with Gasteiger partial charge in [-0.1, -0.05) is 47.0 Å². The number of halogens is 2. The van der Waals surface area contributed by atoms with Crippen molar-refractivity contribution in [2.24, 2.45) is 0 Å². The maximum atomic E-state index is 14.4. The van der Waals surface area contributed by atoms with Crippen molar-refractivity contribution in [3.63, 3.8) is 0 Å². The van der Waals surface area contributed by atoms with E-state index in [1.807, 2.05) is 70.3 Å². The zero-order chi connectivity index (χ0) is 30.9. The topological polar surface area (TPSA) is 98.6 Å². The number of carbonyl (C=O) groups is 2. The molecule has 2 fully saturated rings. The van der Waals surface area contributed by atoms with Gasteiger partial charge in [-0.2, -0.15) is 0 Å². The molecule has 2 atom stereocenters. The van der Waals surface area contributed by atoms with E-state index in [0.717, 1.165) is 36.0 Å². The average Bonchev–Trinajstić information content (AvgIpc) is 3.64. The van der Waals surface area contributed by atoms with E-state index in [0.29, 0.717) is 47.4 Å². The van der Waals surface area contributed by atoms with E-state index in [1.165, 1.54) is 0 Å². The number of piperidine rings is 1. The van der Waals surface area contributed by atoms with Crippen LogP contribution in [0, 0.1) is 6.92 Å². The molecule has 43 heavy (non-hydrogen) atoms. The number of ether oxygens (including phenoxy) is 2. The smallest absolute Gasteiger partial charge is 0.410 e. The molecule has 0 spiro atoms. The highest BCUT2D eigenvalue weighted by atomic mass is 35.5. The largest absolute Gasteiger partial charge is 0.497 e. The van der Waals surface area contributed by atoms with Crippen LogP contribution in [0.5, 0.6) is 5.75 Å². The van der Waals surface area contributed by atoms with Crippen LogP contribution in [0.3, 0.4) is 0 Å². The molecule has 11 heteroatoms. The SMILES string of the molecule is COc1ccc(C)c(-c2cn(C3(C(=O)NC4CCCC4c4ccc(Cl)c(Cl)c4)CCN(C(=O)OC(C)(C)C)CC3)nn2)c1. The normalized spacial score (nSPS) is 20.1. The van der Waals surface area contributed by atoms with Crippen molar-refractivity contribution in [3.8, 4) is 17.0 Å². The van der Waals surface area contributed by atoms with E-state index in [4.69, 9.17) is 32.7 Å². The molecule has 9 nitrogen and oxygen atoms in total. The standard InChI is InChI=1S/C32H39Cl2N5O4/c1-20-9-11-22(42-5)18-24(20)28-19-39(37-36-28)32(13-15-38(16-14-32)30(41)43-31(2,3)4)29(40)35-27-8-6-7-23(27)21-10-12-25(33)26(34)17-21/h9-12,17-19,23,27H,6-8,13-16H2,1-5H3,(H,35,40). The van der Waals surface area contributed by atoms with Gasteiger partial charge in [0.15, 0.2) is 0 Å². The van der Waals surface area contributed by atoms with Crippen LogP contribution in [0.15, 0.2) is 42.6 Å². The third-order valence-corrected chi connectivity index (χ3v) is 9.26. The summed E-state index contributed by atoms with van der Waals surface area (Å²) in [4.78, 5) is 28.9. The van der Waals surface area contributed by atoms with Crippen LogP contribution in [0.2, 0.25) is 10.0 Å². The number of methoxy groups -OCH3 is 1. The average molecular weight is 629 g/mol. The molecule has 3 aromatic rings. The number of hydrogen-bond donors (Lipinski definition) is 1. The molecule has 1 aromatic heterocycles. The number of hydrogen-bond acceptors (Lipinski definition) is 6. The van der Waals surface area contributed by atoms with Crippen molar-refractivity contribution < 1.29 is 19.1 Å². The zero-order valence-corrected chi connectivity index (χ0v) is 26.8. The molecule has 2 aromatic carbocycles. The molecule has 2 heterocycles. The Morgan fingerprint density at radius 2 is 1.79 bits per heavy atom. The van der Waals surface area contributed by atoms with Gasteiger partial charge in [-0.15, -0.1) is 5.10 Å². The van der Waals surface area contributed by atoms with Gasteiger partial charge in [0.05, 0.1) is 23.4 Å². The summed E-state index contributed by atoms with van der Waals surface area (Å²) in [7, 11) is 1.62. The third-order valence-electron chi connectivity index (χ3n) is 8.52. The molecule has 1 saturated carbocycles. The Bertz CT molecular complexity index is 1490. The van der Waals surface area contributed by atoms with E-state index in [1.54, 1.807) is 16.7 Å². The molecule has 1 saturated heterocycles. The lowest BCUT2D eigenvalue weighted by Crippen LogP contribution is -2.58. The second kappa shape index (κ2) is 12.4. The van der Waals surface area contributed by atoms with Gasteiger partial charge in [0, 0.05) is 30.6 Å². The monoisotopic (exact) mass is 627 g/mol. The Morgan fingerprint density at radius 3 is 2.47 bits per heavy atom. The first-order valence-electron chi connectivity index (χ1n) is 14.7. The minimum atomic E-state index is -1.04. The number of rotatable bonds is 6. The molecule has 2 amide bonds. The predicted molar refractivity (Wildman–Crippen MR) is 167 cm³/mol. The molecule has 5 rings (SSSR count). The molecule has 2 unspecified atom stereocenters. The number of amides is 2. The van der Waals surface area contributed by atoms with E-state index in [9.17, 15) is 9.59 Å². The number of aryl methyl sites for hydroxylation is 1. The highest BCUT2D eigenvalue weighted by molar-refractivity contribution is 6.42. The highest BCUT2D eigenvalue weighted by Crippen LogP contribution is 2.39. The first kappa shape index (κ1) is 31.1. The highest BCUT2D eigenvalue weighted by Gasteiger charge is 2.47. The van der Waals surface area contributed by atoms with Gasteiger partial charge < -0.3 is 19.7 Å². The maximum Gasteiger partial charge on any atom is 0.410 e. The van der Waals surface area contributed by atoms with Gasteiger partial charge in [-0.25, -0.2) is 9.48 Å². The number of carbonyl (C=O) groups excluding carboxylic acids is 2. The molecular formula is C32H39Cl2N5O4. The van der Waals surface area contributed by atoms with Crippen LogP contribution in [0.1, 0.15) is 69.9 Å². The maximum absolute atomic E-state index is 14.4. The molecule has 1 aliphatic heterocycles. The van der Waals surface area contributed by atoms with E-state index >= 15 is 0 Å². The van der Waals surface area contributed by atoms with Gasteiger partial charge in [-0.05, 0) is 88.8 Å². The van der Waals surface area contributed by atoms with E-state index < -0.39 is 11.1 Å². The van der Waals surface area contributed by atoms with Crippen LogP contribution in [-0.4, -0.2) is 63.7 Å². The Balaban J connectivity index is 1.44. The summed E-state index contributed by atoms with van der Waals surface area (Å²) in [5.41, 5.74) is 1.95. The predicted octanol–water partition coefficient (Wildman–Crippen LogP) is 6.75. The number of benzene rings is 2. The van der Waals surface area contributed by atoms with Gasteiger partial charge in [0.25, 0.3) is 0 Å². The molecule has 0 bridgehead atoms. The second-order valence-corrected chi connectivity index (χ2v) is 13.3. The molecule has 2 aliphatic rings. The van der Waals surface area contributed by atoms with Crippen LogP contribution < -0.4 is 10.1 Å². The van der Waals surface area contributed by atoms with Crippen LogP contribution in [0.25, 0.3) is 11.3 Å². The first-order chi connectivity index (χ1) is 20.4. The summed E-state index contributed by atoms with van der Waals surface area (Å²) in [6.45, 7) is 8.22. The fourth-order valence-corrected chi connectivity index (χ4v) is 6.43. The van der Waals surface area contributed by atoms with Gasteiger partial charge in [-0.3, -0.25) is 4.79 Å². The fraction of sp³-hybridized carbons (Fsp3) is 0.500. The van der Waals surface area contributed by atoms with Crippen molar-refractivity contribution in [2.75, 3.05) is 20.2 Å². The Labute approximate surface area is 262 Å². The van der Waals surface area contributed by atoms with Gasteiger partial charge in [0.1, 0.15) is 22.6 Å². The summed E-state index contributed by atoms with van der Waals surface area (Å²) >= 11 is 12.5. The van der Waals surface area contributed by atoms with Crippen LogP contribution in [0.4, 0.5) is 4.79 Å². The second-order valence-electron chi connectivity index (χ2n) is 12.5. The minimum Gasteiger partial charge on any atom is -0.497 e. The van der Waals surface area contributed by atoms with E-state index in [2.05, 4.69) is 15.6 Å². The van der Waals surface area contributed by atoms with Crippen molar-refractivity contribution in [3.05, 3.63) is 63.8 Å². The van der Waals surface area contributed by atoms with Gasteiger partial charge in [0.2, 0.25) is 5.91 Å². The van der Waals surface area contributed by atoms with Gasteiger partial charge >= 0.3 is 6.09 Å². The molecular weight excluding hydrogens is 589 g/mol. The first-order valence-corrected chi connectivity index (χ1v) is 15.5. The fourth-order valence-electron chi connectivity index (χ4n) is 6.12.